The first-order valence-electron chi connectivity index (χ1n) is 14.8. The first-order chi connectivity index (χ1) is 20.0. The standard InChI is InChI=1S/C32H36N4O5/c1-19(21-6-7-21)39-32(37)34-23-10-8-22(9-11-23)30-29(31-33-20(2)35-41-31)27-13-12-26(40-25-14-16-38-17-15-25)18-28(27)36(30)24-4-3-5-24/h8-13,18-19,21,24-25H,3-7,14-17H2,1-2H3,(H,34,37). The average Bonchev–Trinajstić information content (AvgIpc) is 3.64. The predicted molar refractivity (Wildman–Crippen MR) is 155 cm³/mol. The van der Waals surface area contributed by atoms with Crippen molar-refractivity contribution in [1.82, 2.24) is 14.7 Å². The van der Waals surface area contributed by atoms with Gasteiger partial charge in [0.15, 0.2) is 5.82 Å². The second kappa shape index (κ2) is 10.9. The topological polar surface area (TPSA) is 101 Å². The summed E-state index contributed by atoms with van der Waals surface area (Å²) in [6, 6.07) is 14.6. The van der Waals surface area contributed by atoms with Crippen molar-refractivity contribution >= 4 is 22.7 Å². The van der Waals surface area contributed by atoms with Crippen LogP contribution in [0.5, 0.6) is 5.75 Å². The smallest absolute Gasteiger partial charge is 0.411 e. The first-order valence-corrected chi connectivity index (χ1v) is 14.8. The molecule has 0 spiro atoms. The van der Waals surface area contributed by atoms with Gasteiger partial charge in [-0.15, -0.1) is 0 Å². The number of hydrogen-bond donors (Lipinski definition) is 1. The van der Waals surface area contributed by atoms with Crippen molar-refractivity contribution in [2.45, 2.75) is 77.0 Å². The molecule has 9 nitrogen and oxygen atoms in total. The second-order valence-corrected chi connectivity index (χ2v) is 11.6. The van der Waals surface area contributed by atoms with Crippen LogP contribution >= 0.6 is 0 Å². The number of rotatable bonds is 8. The Balaban J connectivity index is 1.28. The van der Waals surface area contributed by atoms with Crippen molar-refractivity contribution in [3.8, 4) is 28.5 Å². The van der Waals surface area contributed by atoms with Crippen molar-refractivity contribution in [3.63, 3.8) is 0 Å². The summed E-state index contributed by atoms with van der Waals surface area (Å²) in [5.74, 6) is 2.44. The predicted octanol–water partition coefficient (Wildman–Crippen LogP) is 7.30. The number of aromatic nitrogens is 3. The van der Waals surface area contributed by atoms with Gasteiger partial charge in [-0.1, -0.05) is 17.3 Å². The van der Waals surface area contributed by atoms with E-state index in [1.807, 2.05) is 44.2 Å². The van der Waals surface area contributed by atoms with Crippen molar-refractivity contribution < 1.29 is 23.5 Å². The van der Waals surface area contributed by atoms with Crippen LogP contribution in [0.15, 0.2) is 47.0 Å². The number of aryl methyl sites for hydroxylation is 1. The van der Waals surface area contributed by atoms with Gasteiger partial charge in [0.1, 0.15) is 18.0 Å². The molecule has 1 N–H and O–H groups in total. The minimum Gasteiger partial charge on any atom is -0.490 e. The van der Waals surface area contributed by atoms with Gasteiger partial charge in [-0.05, 0) is 81.7 Å². The van der Waals surface area contributed by atoms with Gasteiger partial charge in [0, 0.05) is 36.0 Å². The van der Waals surface area contributed by atoms with E-state index in [0.29, 0.717) is 29.4 Å². The van der Waals surface area contributed by atoms with E-state index < -0.39 is 6.09 Å². The lowest BCUT2D eigenvalue weighted by Gasteiger charge is -2.30. The van der Waals surface area contributed by atoms with Crippen LogP contribution in [0.25, 0.3) is 33.6 Å². The Bertz CT molecular complexity index is 1540. The Labute approximate surface area is 239 Å². The van der Waals surface area contributed by atoms with Crippen molar-refractivity contribution in [2.24, 2.45) is 5.92 Å². The number of amides is 1. The molecule has 3 heterocycles. The summed E-state index contributed by atoms with van der Waals surface area (Å²) in [4.78, 5) is 17.1. The Morgan fingerprint density at radius 2 is 1.83 bits per heavy atom. The Morgan fingerprint density at radius 1 is 1.05 bits per heavy atom. The highest BCUT2D eigenvalue weighted by atomic mass is 16.6. The van der Waals surface area contributed by atoms with E-state index in [9.17, 15) is 4.79 Å². The molecule has 214 valence electrons. The molecule has 1 aliphatic heterocycles. The van der Waals surface area contributed by atoms with E-state index in [2.05, 4.69) is 32.2 Å². The van der Waals surface area contributed by atoms with Gasteiger partial charge < -0.3 is 23.3 Å². The average molecular weight is 557 g/mol. The van der Waals surface area contributed by atoms with Crippen molar-refractivity contribution in [2.75, 3.05) is 18.5 Å². The zero-order valence-corrected chi connectivity index (χ0v) is 23.6. The van der Waals surface area contributed by atoms with E-state index in [1.165, 1.54) is 6.42 Å². The fraction of sp³-hybridized carbons (Fsp3) is 0.469. The number of hydrogen-bond acceptors (Lipinski definition) is 7. The summed E-state index contributed by atoms with van der Waals surface area (Å²) >= 11 is 0. The number of anilines is 1. The number of benzene rings is 2. The van der Waals surface area contributed by atoms with Gasteiger partial charge in [-0.2, -0.15) is 4.98 Å². The molecule has 7 rings (SSSR count). The molecule has 2 aromatic carbocycles. The lowest BCUT2D eigenvalue weighted by atomic mass is 9.92. The number of carbonyl (C=O) groups is 1. The van der Waals surface area contributed by atoms with Crippen LogP contribution in [-0.4, -0.2) is 46.2 Å². The summed E-state index contributed by atoms with van der Waals surface area (Å²) in [5, 5.41) is 8.04. The lowest BCUT2D eigenvalue weighted by Crippen LogP contribution is -2.25. The van der Waals surface area contributed by atoms with Gasteiger partial charge in [-0.3, -0.25) is 5.32 Å². The zero-order chi connectivity index (χ0) is 27.9. The van der Waals surface area contributed by atoms with Crippen LogP contribution in [0.1, 0.15) is 63.7 Å². The van der Waals surface area contributed by atoms with Gasteiger partial charge >= 0.3 is 6.09 Å². The molecule has 2 saturated carbocycles. The maximum atomic E-state index is 12.4. The molecule has 4 aromatic rings. The van der Waals surface area contributed by atoms with E-state index >= 15 is 0 Å². The molecular weight excluding hydrogens is 520 g/mol. The number of nitrogens with one attached hydrogen (secondary N) is 1. The molecule has 3 fully saturated rings. The van der Waals surface area contributed by atoms with Crippen LogP contribution < -0.4 is 10.1 Å². The number of ether oxygens (including phenoxy) is 3. The Morgan fingerprint density at radius 3 is 2.49 bits per heavy atom. The summed E-state index contributed by atoms with van der Waals surface area (Å²) in [7, 11) is 0. The highest BCUT2D eigenvalue weighted by Gasteiger charge is 2.32. The van der Waals surface area contributed by atoms with Crippen LogP contribution in [0.3, 0.4) is 0 Å². The van der Waals surface area contributed by atoms with Crippen molar-refractivity contribution in [3.05, 3.63) is 48.3 Å². The molecule has 41 heavy (non-hydrogen) atoms. The molecule has 1 saturated heterocycles. The van der Waals surface area contributed by atoms with E-state index in [1.54, 1.807) is 0 Å². The monoisotopic (exact) mass is 556 g/mol. The molecule has 1 amide bonds. The largest absolute Gasteiger partial charge is 0.490 e. The quantitative estimate of drug-likeness (QED) is 0.243. The minimum absolute atomic E-state index is 0.0619. The third-order valence-electron chi connectivity index (χ3n) is 8.61. The van der Waals surface area contributed by atoms with Gasteiger partial charge in [0.05, 0.1) is 30.0 Å². The fourth-order valence-electron chi connectivity index (χ4n) is 5.96. The van der Waals surface area contributed by atoms with Crippen LogP contribution in [-0.2, 0) is 9.47 Å². The maximum absolute atomic E-state index is 12.4. The Kier molecular flexibility index (Phi) is 6.90. The SMILES string of the molecule is Cc1noc(-c2c(-c3ccc(NC(=O)OC(C)C4CC4)cc3)n(C3CCC3)c3cc(OC4CCOCC4)ccc23)n1. The molecule has 0 radical (unpaired) electrons. The van der Waals surface area contributed by atoms with E-state index in [0.717, 1.165) is 85.2 Å². The van der Waals surface area contributed by atoms with E-state index in [4.69, 9.17) is 18.7 Å². The number of fused-ring (bicyclic) bond motifs is 1. The normalized spacial score (nSPS) is 18.7. The van der Waals surface area contributed by atoms with Gasteiger partial charge in [0.2, 0.25) is 0 Å². The zero-order valence-electron chi connectivity index (χ0n) is 23.6. The molecule has 1 unspecified atom stereocenters. The van der Waals surface area contributed by atoms with Crippen LogP contribution in [0.4, 0.5) is 10.5 Å². The minimum atomic E-state index is -0.417. The third-order valence-corrected chi connectivity index (χ3v) is 8.61. The maximum Gasteiger partial charge on any atom is 0.411 e. The highest BCUT2D eigenvalue weighted by molar-refractivity contribution is 6.03. The van der Waals surface area contributed by atoms with Crippen LogP contribution in [0, 0.1) is 12.8 Å². The molecular formula is C32H36N4O5. The van der Waals surface area contributed by atoms with Crippen molar-refractivity contribution in [1.29, 1.82) is 0 Å². The fourth-order valence-corrected chi connectivity index (χ4v) is 5.96. The summed E-state index contributed by atoms with van der Waals surface area (Å²) in [6.07, 6.45) is 7.13. The third kappa shape index (κ3) is 5.30. The molecule has 1 atom stereocenters. The summed E-state index contributed by atoms with van der Waals surface area (Å²) in [5.41, 5.74) is 4.75. The molecule has 0 bridgehead atoms. The van der Waals surface area contributed by atoms with Gasteiger partial charge in [0.25, 0.3) is 5.89 Å². The van der Waals surface area contributed by atoms with Crippen LogP contribution in [0.2, 0.25) is 0 Å². The number of nitrogens with zero attached hydrogens (tertiary/aromatic N) is 3. The summed E-state index contributed by atoms with van der Waals surface area (Å²) < 4.78 is 25.7. The Hall–Kier alpha value is -3.85. The lowest BCUT2D eigenvalue weighted by molar-refractivity contribution is 0.0256. The summed E-state index contributed by atoms with van der Waals surface area (Å²) in [6.45, 7) is 5.26. The molecule has 2 aromatic heterocycles. The second-order valence-electron chi connectivity index (χ2n) is 11.6. The molecule has 9 heteroatoms. The molecule has 2 aliphatic carbocycles. The molecule has 3 aliphatic rings. The van der Waals surface area contributed by atoms with Gasteiger partial charge in [-0.25, -0.2) is 4.79 Å². The first kappa shape index (κ1) is 26.1. The highest BCUT2D eigenvalue weighted by Crippen LogP contribution is 2.47. The number of carbonyl (C=O) groups excluding carboxylic acids is 1. The van der Waals surface area contributed by atoms with E-state index in [-0.39, 0.29) is 12.2 Å².